The predicted molar refractivity (Wildman–Crippen MR) is 267 cm³/mol. The first-order valence-corrected chi connectivity index (χ1v) is 25.4. The number of hydrogen-bond acceptors (Lipinski definition) is 14. The van der Waals surface area contributed by atoms with Gasteiger partial charge in [0.2, 0.25) is 0 Å². The molecule has 0 unspecified atom stereocenters. The average molecular weight is 999 g/mol. The number of aliphatic hydroxyl groups is 1. The molecule has 4 rings (SSSR count). The van der Waals surface area contributed by atoms with Crippen molar-refractivity contribution in [3.8, 4) is 0 Å². The van der Waals surface area contributed by atoms with Crippen molar-refractivity contribution >= 4 is 42.6 Å². The maximum atomic E-state index is 11.9. The highest BCUT2D eigenvalue weighted by Crippen LogP contribution is 2.37. The molecule has 0 aromatic heterocycles. The third-order valence-electron chi connectivity index (χ3n) is 13.3. The van der Waals surface area contributed by atoms with E-state index < -0.39 is 27.8 Å². The second-order valence-corrected chi connectivity index (χ2v) is 23.1. The number of ether oxygens (including phenoxy) is 6. The first-order chi connectivity index (χ1) is 32.2. The van der Waals surface area contributed by atoms with Gasteiger partial charge in [-0.15, -0.1) is 0 Å². The minimum Gasteiger partial charge on any atom is -0.469 e. The SMILES string of the molecule is CCC1(C(=O)OC)CCN(C(=O)OC(C)(C)C)CC1.CCC1(C=O)CCN(C(=O)OC(C)(C)C)CC1.CCC1(CO)CCN(C(=O)OC(C)(C)C)CC1.COC(=O)C1CCN(C(=O)OC(C)(C)C)CC1. The Kier molecular flexibility index (Phi) is 25.0. The van der Waals surface area contributed by atoms with E-state index in [1.54, 1.807) is 19.6 Å². The lowest BCUT2D eigenvalue weighted by Crippen LogP contribution is -2.48. The van der Waals surface area contributed by atoms with Gasteiger partial charge >= 0.3 is 36.3 Å². The van der Waals surface area contributed by atoms with Gasteiger partial charge in [0.15, 0.2) is 0 Å². The van der Waals surface area contributed by atoms with Crippen LogP contribution in [0.4, 0.5) is 19.2 Å². The molecule has 70 heavy (non-hydrogen) atoms. The van der Waals surface area contributed by atoms with Crippen LogP contribution in [-0.2, 0) is 42.8 Å². The minimum absolute atomic E-state index is 0.0124. The molecule has 1 N–H and O–H groups in total. The van der Waals surface area contributed by atoms with Crippen LogP contribution in [-0.4, -0.2) is 163 Å². The van der Waals surface area contributed by atoms with E-state index in [4.69, 9.17) is 28.4 Å². The quantitative estimate of drug-likeness (QED) is 0.143. The summed E-state index contributed by atoms with van der Waals surface area (Å²) in [7, 11) is 2.81. The summed E-state index contributed by atoms with van der Waals surface area (Å²) in [5, 5.41) is 9.42. The Morgan fingerprint density at radius 2 is 0.829 bits per heavy atom. The number of aldehydes is 1. The Bertz CT molecular complexity index is 1650. The van der Waals surface area contributed by atoms with Gasteiger partial charge in [-0.1, -0.05) is 20.8 Å². The molecule has 0 aromatic rings. The molecule has 4 saturated heterocycles. The summed E-state index contributed by atoms with van der Waals surface area (Å²) < 4.78 is 30.8. The van der Waals surface area contributed by atoms with E-state index in [0.29, 0.717) is 78.0 Å². The number of amides is 4. The standard InChI is InChI=1S/C14H25NO4.C13H25NO3.C13H23NO3.C12H21NO4/c1-6-14(11(16)18-5)7-9-15(10-8-14)12(17)19-13(2,3)4;2*1-5-13(10-15)6-8-14(9-7-13)11(16)17-12(2,3)4;1-12(2,3)17-11(15)13-7-5-9(6-8-13)10(14)16-4/h6-10H2,1-5H3;15H,5-10H2,1-4H3;10H,5-9H2,1-4H3;9H,5-8H2,1-4H3. The molecule has 0 aromatic carbocycles. The maximum Gasteiger partial charge on any atom is 0.410 e. The van der Waals surface area contributed by atoms with Crippen molar-refractivity contribution in [3.63, 3.8) is 0 Å². The van der Waals surface area contributed by atoms with E-state index in [2.05, 4.69) is 6.92 Å². The smallest absolute Gasteiger partial charge is 0.410 e. The van der Waals surface area contributed by atoms with Crippen LogP contribution in [0.2, 0.25) is 0 Å². The molecule has 4 aliphatic heterocycles. The number of rotatable bonds is 7. The molecule has 18 nitrogen and oxygen atoms in total. The van der Waals surface area contributed by atoms with E-state index in [1.807, 2.05) is 96.9 Å². The van der Waals surface area contributed by atoms with Gasteiger partial charge in [-0.2, -0.15) is 0 Å². The van der Waals surface area contributed by atoms with Crippen LogP contribution in [0.5, 0.6) is 0 Å². The molecular weight excluding hydrogens is 905 g/mol. The van der Waals surface area contributed by atoms with Crippen molar-refractivity contribution in [2.75, 3.05) is 73.2 Å². The fourth-order valence-electron chi connectivity index (χ4n) is 8.28. The van der Waals surface area contributed by atoms with Gasteiger partial charge in [0.1, 0.15) is 28.7 Å². The molecule has 4 fully saturated rings. The number of piperidine rings is 4. The summed E-state index contributed by atoms with van der Waals surface area (Å²) >= 11 is 0. The van der Waals surface area contributed by atoms with E-state index in [0.717, 1.165) is 51.2 Å². The molecule has 0 radical (unpaired) electrons. The Morgan fingerprint density at radius 3 is 1.09 bits per heavy atom. The van der Waals surface area contributed by atoms with Gasteiger partial charge in [0, 0.05) is 64.4 Å². The van der Waals surface area contributed by atoms with Gasteiger partial charge in [0.05, 0.1) is 25.6 Å². The van der Waals surface area contributed by atoms with Crippen LogP contribution >= 0.6 is 0 Å². The Hall–Kier alpha value is -4.35. The van der Waals surface area contributed by atoms with Gasteiger partial charge < -0.3 is 57.9 Å². The molecule has 4 heterocycles. The first-order valence-electron chi connectivity index (χ1n) is 25.4. The second-order valence-electron chi connectivity index (χ2n) is 23.1. The lowest BCUT2D eigenvalue weighted by molar-refractivity contribution is -0.156. The van der Waals surface area contributed by atoms with E-state index in [1.165, 1.54) is 14.2 Å². The number of carbonyl (C=O) groups excluding carboxylic acids is 7. The van der Waals surface area contributed by atoms with Crippen LogP contribution in [0.15, 0.2) is 0 Å². The van der Waals surface area contributed by atoms with Gasteiger partial charge in [-0.05, 0) is 159 Å². The van der Waals surface area contributed by atoms with Crippen molar-refractivity contribution in [2.24, 2.45) is 22.2 Å². The summed E-state index contributed by atoms with van der Waals surface area (Å²) in [6.45, 7) is 33.3. The van der Waals surface area contributed by atoms with E-state index in [9.17, 15) is 38.7 Å². The fourth-order valence-corrected chi connectivity index (χ4v) is 8.28. The molecule has 4 aliphatic rings. The zero-order valence-electron chi connectivity index (χ0n) is 46.3. The highest BCUT2D eigenvalue weighted by atomic mass is 16.6. The third-order valence-corrected chi connectivity index (χ3v) is 13.3. The molecule has 0 bridgehead atoms. The number of hydrogen-bond donors (Lipinski definition) is 1. The summed E-state index contributed by atoms with van der Waals surface area (Å²) in [4.78, 5) is 88.4. The molecule has 4 amide bonds. The van der Waals surface area contributed by atoms with Gasteiger partial charge in [0.25, 0.3) is 0 Å². The summed E-state index contributed by atoms with van der Waals surface area (Å²) in [5.41, 5.74) is -2.51. The van der Waals surface area contributed by atoms with Crippen molar-refractivity contribution in [2.45, 2.75) is 197 Å². The second kappa shape index (κ2) is 27.5. The molecule has 18 heteroatoms. The van der Waals surface area contributed by atoms with Crippen molar-refractivity contribution < 1.29 is 67.1 Å². The zero-order valence-corrected chi connectivity index (χ0v) is 46.3. The predicted octanol–water partition coefficient (Wildman–Crippen LogP) is 9.41. The Labute approximate surface area is 420 Å². The van der Waals surface area contributed by atoms with Crippen LogP contribution in [0.25, 0.3) is 0 Å². The van der Waals surface area contributed by atoms with Gasteiger partial charge in [-0.3, -0.25) is 9.59 Å². The van der Waals surface area contributed by atoms with Crippen LogP contribution in [0, 0.1) is 22.2 Å². The molecule has 406 valence electrons. The lowest BCUT2D eigenvalue weighted by atomic mass is 9.76. The largest absolute Gasteiger partial charge is 0.469 e. The number of carbonyl (C=O) groups is 7. The van der Waals surface area contributed by atoms with Crippen LogP contribution in [0.3, 0.4) is 0 Å². The molecule has 0 aliphatic carbocycles. The number of likely N-dealkylation sites (tertiary alicyclic amines) is 4. The monoisotopic (exact) mass is 999 g/mol. The molecular formula is C52H94N4O14. The molecule has 0 saturated carbocycles. The summed E-state index contributed by atoms with van der Waals surface area (Å²) in [6.07, 6.45) is 8.25. The first kappa shape index (κ1) is 63.7. The Morgan fingerprint density at radius 1 is 0.500 bits per heavy atom. The Balaban J connectivity index is 0.000000467. The molecule has 0 atom stereocenters. The number of methoxy groups -OCH3 is 2. The van der Waals surface area contributed by atoms with E-state index >= 15 is 0 Å². The number of nitrogens with zero attached hydrogens (tertiary/aromatic N) is 4. The highest BCUT2D eigenvalue weighted by Gasteiger charge is 2.43. The topological polar surface area (TPSA) is 208 Å². The highest BCUT2D eigenvalue weighted by molar-refractivity contribution is 5.77. The van der Waals surface area contributed by atoms with Crippen molar-refractivity contribution in [3.05, 3.63) is 0 Å². The normalized spacial score (nSPS) is 19.2. The molecule has 0 spiro atoms. The van der Waals surface area contributed by atoms with Crippen molar-refractivity contribution in [1.82, 2.24) is 19.6 Å². The minimum atomic E-state index is -0.487. The maximum absolute atomic E-state index is 11.9. The summed E-state index contributed by atoms with van der Waals surface area (Å²) in [5.74, 6) is -0.439. The lowest BCUT2D eigenvalue weighted by Gasteiger charge is -2.40. The van der Waals surface area contributed by atoms with Crippen molar-refractivity contribution in [1.29, 1.82) is 0 Å². The number of esters is 2. The third kappa shape index (κ3) is 22.0. The average Bonchev–Trinajstić information content (AvgIpc) is 3.29. The fraction of sp³-hybridized carbons (Fsp3) is 0.865. The van der Waals surface area contributed by atoms with Gasteiger partial charge in [-0.25, -0.2) is 19.2 Å². The van der Waals surface area contributed by atoms with Crippen LogP contribution in [0.1, 0.15) is 174 Å². The summed E-state index contributed by atoms with van der Waals surface area (Å²) in [6, 6.07) is 0. The van der Waals surface area contributed by atoms with Crippen LogP contribution < -0.4 is 0 Å². The number of aliphatic hydroxyl groups excluding tert-OH is 1. The van der Waals surface area contributed by atoms with E-state index in [-0.39, 0.29) is 59.7 Å². The zero-order chi connectivity index (χ0) is 53.9.